The number of alkyl carbamates (subject to hydrolysis) is 1. The predicted molar refractivity (Wildman–Crippen MR) is 118 cm³/mol. The molecule has 3 rings (SSSR count). The van der Waals surface area contributed by atoms with E-state index < -0.39 is 23.7 Å². The second-order valence-electron chi connectivity index (χ2n) is 8.18. The first-order valence-electron chi connectivity index (χ1n) is 10.0. The molecule has 2 aromatic carbocycles. The molecule has 1 amide bonds. The Hall–Kier alpha value is -3.81. The largest absolute Gasteiger partial charge is 0.457 e. The van der Waals surface area contributed by atoms with Gasteiger partial charge < -0.3 is 23.9 Å². The number of esters is 1. The fraction of sp³-hybridized carbons (Fsp3) is 0.292. The number of fused-ring (bicyclic) bond motifs is 1. The Morgan fingerprint density at radius 2 is 1.72 bits per heavy atom. The summed E-state index contributed by atoms with van der Waals surface area (Å²) in [4.78, 5) is 37.0. The van der Waals surface area contributed by atoms with Gasteiger partial charge in [0.15, 0.2) is 0 Å². The number of ether oxygens (including phenoxy) is 3. The molecule has 168 valence electrons. The minimum absolute atomic E-state index is 0.0867. The van der Waals surface area contributed by atoms with Gasteiger partial charge in [-0.05, 0) is 58.9 Å². The minimum atomic E-state index is -0.948. The lowest BCUT2D eigenvalue weighted by molar-refractivity contribution is -0.136. The molecule has 0 unspecified atom stereocenters. The number of aryl methyl sites for hydroxylation is 1. The maximum absolute atomic E-state index is 12.9. The highest BCUT2D eigenvalue weighted by Crippen LogP contribution is 2.27. The van der Waals surface area contributed by atoms with Gasteiger partial charge >= 0.3 is 12.1 Å². The summed E-state index contributed by atoms with van der Waals surface area (Å²) in [7, 11) is 0. The van der Waals surface area contributed by atoms with E-state index in [0.717, 1.165) is 0 Å². The van der Waals surface area contributed by atoms with E-state index in [-0.39, 0.29) is 33.7 Å². The summed E-state index contributed by atoms with van der Waals surface area (Å²) >= 11 is 0. The summed E-state index contributed by atoms with van der Waals surface area (Å²) in [6.45, 7) is 8.25. The molecule has 0 spiro atoms. The standard InChI is InChI=1S/C24H25NO7/c1-14(25-23(28)32-24(3,4)5)22(27)31-17-11-12-18-19(13-17)29-15(2)21(20(18)26)30-16-9-7-6-8-10-16/h6-14H,1-5H3,(H,25,28)/t14-/m1/s1. The maximum Gasteiger partial charge on any atom is 0.408 e. The van der Waals surface area contributed by atoms with Crippen LogP contribution in [-0.2, 0) is 9.53 Å². The van der Waals surface area contributed by atoms with Crippen molar-refractivity contribution in [2.45, 2.75) is 46.3 Å². The molecule has 0 aliphatic carbocycles. The second kappa shape index (κ2) is 9.13. The summed E-state index contributed by atoms with van der Waals surface area (Å²) in [5.74, 6) is 0.357. The van der Waals surface area contributed by atoms with Crippen molar-refractivity contribution in [1.82, 2.24) is 5.32 Å². The van der Waals surface area contributed by atoms with Gasteiger partial charge in [0.25, 0.3) is 0 Å². The van der Waals surface area contributed by atoms with Crippen LogP contribution in [0.25, 0.3) is 11.0 Å². The van der Waals surface area contributed by atoms with Crippen molar-refractivity contribution in [2.24, 2.45) is 0 Å². The Morgan fingerprint density at radius 1 is 1.03 bits per heavy atom. The third-order valence-electron chi connectivity index (χ3n) is 4.26. The van der Waals surface area contributed by atoms with Crippen LogP contribution >= 0.6 is 0 Å². The molecule has 0 aliphatic rings. The van der Waals surface area contributed by atoms with E-state index in [1.807, 2.05) is 6.07 Å². The van der Waals surface area contributed by atoms with Crippen molar-refractivity contribution in [3.8, 4) is 17.2 Å². The summed E-state index contributed by atoms with van der Waals surface area (Å²) < 4.78 is 21.9. The molecule has 0 radical (unpaired) electrons. The lowest BCUT2D eigenvalue weighted by atomic mass is 10.2. The van der Waals surface area contributed by atoms with Crippen LogP contribution in [0.1, 0.15) is 33.5 Å². The van der Waals surface area contributed by atoms with Gasteiger partial charge in [-0.2, -0.15) is 0 Å². The van der Waals surface area contributed by atoms with E-state index in [2.05, 4.69) is 5.32 Å². The highest BCUT2D eigenvalue weighted by molar-refractivity contribution is 5.84. The quantitative estimate of drug-likeness (QED) is 0.453. The van der Waals surface area contributed by atoms with Crippen LogP contribution in [0, 0.1) is 6.92 Å². The van der Waals surface area contributed by atoms with Crippen molar-refractivity contribution < 1.29 is 28.2 Å². The molecule has 1 heterocycles. The number of para-hydroxylation sites is 1. The highest BCUT2D eigenvalue weighted by Gasteiger charge is 2.23. The van der Waals surface area contributed by atoms with E-state index in [1.165, 1.54) is 25.1 Å². The first kappa shape index (κ1) is 22.9. The van der Waals surface area contributed by atoms with Crippen LogP contribution in [0.3, 0.4) is 0 Å². The second-order valence-corrected chi connectivity index (χ2v) is 8.18. The van der Waals surface area contributed by atoms with E-state index in [1.54, 1.807) is 52.0 Å². The molecule has 0 aliphatic heterocycles. The molecule has 1 atom stereocenters. The zero-order valence-electron chi connectivity index (χ0n) is 18.6. The van der Waals surface area contributed by atoms with Crippen LogP contribution in [0.5, 0.6) is 17.2 Å². The monoisotopic (exact) mass is 439 g/mol. The fourth-order valence-electron chi connectivity index (χ4n) is 2.80. The smallest absolute Gasteiger partial charge is 0.408 e. The molecule has 8 nitrogen and oxygen atoms in total. The van der Waals surface area contributed by atoms with Gasteiger partial charge in [0.05, 0.1) is 5.39 Å². The first-order valence-corrected chi connectivity index (χ1v) is 10.0. The first-order chi connectivity index (χ1) is 15.0. The molecule has 0 saturated carbocycles. The Morgan fingerprint density at radius 3 is 2.38 bits per heavy atom. The number of carbonyl (C=O) groups is 2. The van der Waals surface area contributed by atoms with Crippen molar-refractivity contribution >= 4 is 23.0 Å². The van der Waals surface area contributed by atoms with Crippen LogP contribution < -0.4 is 20.2 Å². The van der Waals surface area contributed by atoms with Crippen LogP contribution in [-0.4, -0.2) is 23.7 Å². The zero-order valence-corrected chi connectivity index (χ0v) is 18.6. The highest BCUT2D eigenvalue weighted by atomic mass is 16.6. The van der Waals surface area contributed by atoms with Gasteiger partial charge in [-0.1, -0.05) is 18.2 Å². The van der Waals surface area contributed by atoms with Crippen molar-refractivity contribution in [2.75, 3.05) is 0 Å². The fourth-order valence-corrected chi connectivity index (χ4v) is 2.80. The third kappa shape index (κ3) is 5.66. The number of hydrogen-bond donors (Lipinski definition) is 1. The number of rotatable bonds is 5. The molecule has 8 heteroatoms. The van der Waals surface area contributed by atoms with Gasteiger partial charge in [-0.3, -0.25) is 4.79 Å². The summed E-state index contributed by atoms with van der Waals surface area (Å²) in [6.07, 6.45) is -0.729. The van der Waals surface area contributed by atoms with Gasteiger partial charge in [-0.15, -0.1) is 0 Å². The number of carbonyl (C=O) groups excluding carboxylic acids is 2. The Labute approximate surface area is 185 Å². The zero-order chi connectivity index (χ0) is 23.5. The molecule has 1 aromatic heterocycles. The molecule has 0 fully saturated rings. The molecule has 3 aromatic rings. The van der Waals surface area contributed by atoms with Crippen LogP contribution in [0.15, 0.2) is 57.7 Å². The normalized spacial score (nSPS) is 12.2. The Balaban J connectivity index is 1.77. The lowest BCUT2D eigenvalue weighted by Gasteiger charge is -2.21. The van der Waals surface area contributed by atoms with Crippen molar-refractivity contribution in [1.29, 1.82) is 0 Å². The van der Waals surface area contributed by atoms with E-state index in [9.17, 15) is 14.4 Å². The lowest BCUT2D eigenvalue weighted by Crippen LogP contribution is -2.43. The molecular formula is C24H25NO7. The number of amides is 1. The molecule has 32 heavy (non-hydrogen) atoms. The van der Waals surface area contributed by atoms with E-state index in [4.69, 9.17) is 18.6 Å². The maximum atomic E-state index is 12.9. The average molecular weight is 439 g/mol. The number of nitrogens with one attached hydrogen (secondary N) is 1. The van der Waals surface area contributed by atoms with Crippen molar-refractivity contribution in [3.63, 3.8) is 0 Å². The van der Waals surface area contributed by atoms with Gasteiger partial charge in [0, 0.05) is 6.07 Å². The summed E-state index contributed by atoms with van der Waals surface area (Å²) in [5.41, 5.74) is -0.790. The van der Waals surface area contributed by atoms with Gasteiger partial charge in [0.1, 0.15) is 34.5 Å². The average Bonchev–Trinajstić information content (AvgIpc) is 2.70. The number of hydrogen-bond acceptors (Lipinski definition) is 7. The third-order valence-corrected chi connectivity index (χ3v) is 4.26. The molecule has 0 bridgehead atoms. The molecule has 0 saturated heterocycles. The number of benzene rings is 2. The van der Waals surface area contributed by atoms with Crippen LogP contribution in [0.4, 0.5) is 4.79 Å². The van der Waals surface area contributed by atoms with Crippen molar-refractivity contribution in [3.05, 3.63) is 64.5 Å². The minimum Gasteiger partial charge on any atom is -0.457 e. The summed E-state index contributed by atoms with van der Waals surface area (Å²) in [5, 5.41) is 2.70. The predicted octanol–water partition coefficient (Wildman–Crippen LogP) is 4.71. The SMILES string of the molecule is Cc1oc2cc(OC(=O)[C@@H](C)NC(=O)OC(C)(C)C)ccc2c(=O)c1Oc1ccccc1. The molecular weight excluding hydrogens is 414 g/mol. The topological polar surface area (TPSA) is 104 Å². The Kier molecular flexibility index (Phi) is 6.53. The van der Waals surface area contributed by atoms with Gasteiger partial charge in [0.2, 0.25) is 11.2 Å². The van der Waals surface area contributed by atoms with Gasteiger partial charge in [-0.25, -0.2) is 9.59 Å². The molecule has 1 N–H and O–H groups in total. The van der Waals surface area contributed by atoms with Crippen LogP contribution in [0.2, 0.25) is 0 Å². The van der Waals surface area contributed by atoms with E-state index >= 15 is 0 Å². The van der Waals surface area contributed by atoms with E-state index in [0.29, 0.717) is 5.75 Å². The Bertz CT molecular complexity index is 1190. The summed E-state index contributed by atoms with van der Waals surface area (Å²) in [6, 6.07) is 12.4.